The minimum atomic E-state index is 0.247. The highest BCUT2D eigenvalue weighted by Crippen LogP contribution is 2.13. The van der Waals surface area contributed by atoms with E-state index in [0.29, 0.717) is 18.8 Å². The Labute approximate surface area is 86.2 Å². The average Bonchev–Trinajstić information content (AvgIpc) is 2.21. The molecule has 1 atom stereocenters. The van der Waals surface area contributed by atoms with Gasteiger partial charge >= 0.3 is 0 Å². The molecule has 1 fully saturated rings. The van der Waals surface area contributed by atoms with E-state index < -0.39 is 0 Å². The highest BCUT2D eigenvalue weighted by molar-refractivity contribution is 5.81. The first-order chi connectivity index (χ1) is 6.77. The van der Waals surface area contributed by atoms with Gasteiger partial charge in [0.05, 0.1) is 13.2 Å². The number of hydrogen-bond acceptors (Lipinski definition) is 3. The Balaban J connectivity index is 2.30. The summed E-state index contributed by atoms with van der Waals surface area (Å²) in [6, 6.07) is 0.247. The van der Waals surface area contributed by atoms with E-state index in [1.807, 2.05) is 0 Å². The fourth-order valence-corrected chi connectivity index (χ4v) is 1.90. The Kier molecular flexibility index (Phi) is 5.12. The second kappa shape index (κ2) is 6.14. The van der Waals surface area contributed by atoms with Crippen molar-refractivity contribution >= 4 is 5.78 Å². The first-order valence-electron chi connectivity index (χ1n) is 5.61. The molecule has 0 spiro atoms. The van der Waals surface area contributed by atoms with Gasteiger partial charge in [-0.1, -0.05) is 13.8 Å². The normalized spacial score (nSPS) is 22.6. The number of carbonyl (C=O) groups is 1. The van der Waals surface area contributed by atoms with Gasteiger partial charge in [-0.3, -0.25) is 4.79 Å². The Morgan fingerprint density at radius 2 is 2.21 bits per heavy atom. The van der Waals surface area contributed by atoms with Gasteiger partial charge in [0.2, 0.25) is 0 Å². The van der Waals surface area contributed by atoms with Crippen LogP contribution in [-0.4, -0.2) is 31.6 Å². The largest absolute Gasteiger partial charge is 0.379 e. The van der Waals surface area contributed by atoms with Crippen molar-refractivity contribution in [1.82, 2.24) is 5.32 Å². The van der Waals surface area contributed by atoms with Crippen LogP contribution in [-0.2, 0) is 9.53 Å². The molecule has 3 nitrogen and oxygen atoms in total. The zero-order valence-corrected chi connectivity index (χ0v) is 9.21. The average molecular weight is 199 g/mol. The van der Waals surface area contributed by atoms with Crippen molar-refractivity contribution in [3.8, 4) is 0 Å². The predicted octanol–water partition coefficient (Wildman–Crippen LogP) is 1.37. The fourth-order valence-electron chi connectivity index (χ4n) is 1.90. The quantitative estimate of drug-likeness (QED) is 0.726. The van der Waals surface area contributed by atoms with Crippen molar-refractivity contribution in [3.05, 3.63) is 0 Å². The maximum Gasteiger partial charge on any atom is 0.137 e. The lowest BCUT2D eigenvalue weighted by molar-refractivity contribution is -0.124. The third-order valence-corrected chi connectivity index (χ3v) is 2.89. The van der Waals surface area contributed by atoms with Gasteiger partial charge in [0, 0.05) is 24.9 Å². The maximum atomic E-state index is 11.8. The smallest absolute Gasteiger partial charge is 0.137 e. The topological polar surface area (TPSA) is 38.3 Å². The van der Waals surface area contributed by atoms with Crippen LogP contribution >= 0.6 is 0 Å². The molecular formula is C11H21NO2. The molecule has 1 aliphatic heterocycles. The number of ether oxygens (including phenoxy) is 1. The summed E-state index contributed by atoms with van der Waals surface area (Å²) in [5, 5.41) is 3.31. The van der Waals surface area contributed by atoms with E-state index in [1.54, 1.807) is 0 Å². The molecule has 0 amide bonds. The molecule has 1 rings (SSSR count). The van der Waals surface area contributed by atoms with Gasteiger partial charge in [0.25, 0.3) is 0 Å². The number of Topliss-reactive ketones (excluding diaryl/α,β-unsaturated/α-hetero) is 1. The third-order valence-electron chi connectivity index (χ3n) is 2.89. The standard InChI is InChI=1S/C11H21NO2/c1-3-9(4-2)11(13)7-10-8-14-6-5-12-10/h9-10,12H,3-8H2,1-2H3. The molecule has 1 aliphatic rings. The van der Waals surface area contributed by atoms with Crippen LogP contribution in [0.4, 0.5) is 0 Å². The molecule has 82 valence electrons. The molecule has 0 aromatic carbocycles. The summed E-state index contributed by atoms with van der Waals surface area (Å²) < 4.78 is 5.32. The summed E-state index contributed by atoms with van der Waals surface area (Å²) in [6.07, 6.45) is 2.55. The Morgan fingerprint density at radius 3 is 2.71 bits per heavy atom. The molecule has 0 aromatic heterocycles. The maximum absolute atomic E-state index is 11.8. The summed E-state index contributed by atoms with van der Waals surface area (Å²) in [6.45, 7) is 6.50. The van der Waals surface area contributed by atoms with Gasteiger partial charge in [-0.2, -0.15) is 0 Å². The van der Waals surface area contributed by atoms with Crippen LogP contribution in [0.2, 0.25) is 0 Å². The van der Waals surface area contributed by atoms with E-state index in [0.717, 1.165) is 26.0 Å². The van der Waals surface area contributed by atoms with Crippen molar-refractivity contribution in [2.75, 3.05) is 19.8 Å². The third kappa shape index (κ3) is 3.39. The minimum absolute atomic E-state index is 0.247. The van der Waals surface area contributed by atoms with Gasteiger partial charge in [-0.05, 0) is 12.8 Å². The Bertz CT molecular complexity index is 172. The molecule has 0 radical (unpaired) electrons. The molecule has 0 bridgehead atoms. The molecule has 1 unspecified atom stereocenters. The van der Waals surface area contributed by atoms with Gasteiger partial charge in [0.15, 0.2) is 0 Å². The minimum Gasteiger partial charge on any atom is -0.379 e. The zero-order valence-electron chi connectivity index (χ0n) is 9.21. The molecule has 0 aliphatic carbocycles. The predicted molar refractivity (Wildman–Crippen MR) is 56.3 cm³/mol. The highest BCUT2D eigenvalue weighted by atomic mass is 16.5. The summed E-state index contributed by atoms with van der Waals surface area (Å²) in [7, 11) is 0. The summed E-state index contributed by atoms with van der Waals surface area (Å²) in [5.74, 6) is 0.636. The van der Waals surface area contributed by atoms with Gasteiger partial charge in [-0.25, -0.2) is 0 Å². The lowest BCUT2D eigenvalue weighted by Gasteiger charge is -2.24. The van der Waals surface area contributed by atoms with Crippen molar-refractivity contribution in [2.24, 2.45) is 5.92 Å². The summed E-state index contributed by atoms with van der Waals surface area (Å²) in [5.41, 5.74) is 0. The van der Waals surface area contributed by atoms with Crippen LogP contribution in [0.1, 0.15) is 33.1 Å². The van der Waals surface area contributed by atoms with E-state index in [-0.39, 0.29) is 12.0 Å². The van der Waals surface area contributed by atoms with Crippen LogP contribution in [0, 0.1) is 5.92 Å². The van der Waals surface area contributed by atoms with Crippen LogP contribution in [0.25, 0.3) is 0 Å². The van der Waals surface area contributed by atoms with Gasteiger partial charge in [-0.15, -0.1) is 0 Å². The molecule has 0 saturated carbocycles. The van der Waals surface area contributed by atoms with Crippen LogP contribution in [0.3, 0.4) is 0 Å². The lowest BCUT2D eigenvalue weighted by Crippen LogP contribution is -2.43. The van der Waals surface area contributed by atoms with Crippen LogP contribution in [0.15, 0.2) is 0 Å². The van der Waals surface area contributed by atoms with Crippen molar-refractivity contribution in [1.29, 1.82) is 0 Å². The molecule has 14 heavy (non-hydrogen) atoms. The van der Waals surface area contributed by atoms with Crippen molar-refractivity contribution in [3.63, 3.8) is 0 Å². The molecule has 1 saturated heterocycles. The van der Waals surface area contributed by atoms with Crippen LogP contribution < -0.4 is 5.32 Å². The molecule has 0 aromatic rings. The van der Waals surface area contributed by atoms with E-state index in [9.17, 15) is 4.79 Å². The molecule has 1 N–H and O–H groups in total. The van der Waals surface area contributed by atoms with E-state index in [4.69, 9.17) is 4.74 Å². The first-order valence-corrected chi connectivity index (χ1v) is 5.61. The first kappa shape index (κ1) is 11.7. The number of ketones is 1. The van der Waals surface area contributed by atoms with Gasteiger partial charge < -0.3 is 10.1 Å². The molecule has 3 heteroatoms. The lowest BCUT2D eigenvalue weighted by atomic mass is 9.93. The number of nitrogens with one attached hydrogen (secondary N) is 1. The number of hydrogen-bond donors (Lipinski definition) is 1. The van der Waals surface area contributed by atoms with Gasteiger partial charge in [0.1, 0.15) is 5.78 Å². The van der Waals surface area contributed by atoms with Crippen molar-refractivity contribution < 1.29 is 9.53 Å². The Morgan fingerprint density at radius 1 is 1.50 bits per heavy atom. The van der Waals surface area contributed by atoms with E-state index >= 15 is 0 Å². The van der Waals surface area contributed by atoms with E-state index in [1.165, 1.54) is 0 Å². The summed E-state index contributed by atoms with van der Waals surface area (Å²) in [4.78, 5) is 11.8. The fraction of sp³-hybridized carbons (Fsp3) is 0.909. The van der Waals surface area contributed by atoms with Crippen LogP contribution in [0.5, 0.6) is 0 Å². The molecule has 1 heterocycles. The summed E-state index contributed by atoms with van der Waals surface area (Å²) >= 11 is 0. The highest BCUT2D eigenvalue weighted by Gasteiger charge is 2.21. The van der Waals surface area contributed by atoms with E-state index in [2.05, 4.69) is 19.2 Å². The number of carbonyl (C=O) groups excluding carboxylic acids is 1. The number of rotatable bonds is 5. The Hall–Kier alpha value is -0.410. The second-order valence-electron chi connectivity index (χ2n) is 3.91. The zero-order chi connectivity index (χ0) is 10.4. The SMILES string of the molecule is CCC(CC)C(=O)CC1COCCN1. The second-order valence-corrected chi connectivity index (χ2v) is 3.91. The van der Waals surface area contributed by atoms with Crippen molar-refractivity contribution in [2.45, 2.75) is 39.2 Å². The number of morpholine rings is 1. The monoisotopic (exact) mass is 199 g/mol. The molecular weight excluding hydrogens is 178 g/mol.